The lowest BCUT2D eigenvalue weighted by Gasteiger charge is -2.19. The van der Waals surface area contributed by atoms with Crippen LogP contribution in [0.25, 0.3) is 0 Å². The highest BCUT2D eigenvalue weighted by molar-refractivity contribution is 4.81. The summed E-state index contributed by atoms with van der Waals surface area (Å²) in [6.45, 7) is 5.03. The first-order valence-corrected chi connectivity index (χ1v) is 4.84. The van der Waals surface area contributed by atoms with Gasteiger partial charge in [0, 0.05) is 26.1 Å². The van der Waals surface area contributed by atoms with Crippen molar-refractivity contribution in [3.63, 3.8) is 0 Å². The number of nitrogens with zero attached hydrogens (tertiary/aromatic N) is 2. The highest BCUT2D eigenvalue weighted by atomic mass is 16.5. The normalized spacial score (nSPS) is 15.4. The van der Waals surface area contributed by atoms with Crippen LogP contribution in [-0.2, 0) is 11.2 Å². The summed E-state index contributed by atoms with van der Waals surface area (Å²) in [4.78, 5) is 4.04. The summed E-state index contributed by atoms with van der Waals surface area (Å²) in [7, 11) is 1.72. The molecule has 1 rings (SSSR count). The minimum absolute atomic E-state index is 0.227. The Kier molecular flexibility index (Phi) is 4.55. The molecule has 0 saturated carbocycles. The van der Waals surface area contributed by atoms with E-state index in [4.69, 9.17) is 4.74 Å². The SMILES string of the molecule is COC(C)C(C)NCCc1ncn[nH]1. The Balaban J connectivity index is 2.15. The second-order valence-electron chi connectivity index (χ2n) is 3.37. The summed E-state index contributed by atoms with van der Waals surface area (Å²) < 4.78 is 5.20. The van der Waals surface area contributed by atoms with Crippen LogP contribution in [-0.4, -0.2) is 41.0 Å². The molecule has 0 saturated heterocycles. The number of aromatic nitrogens is 3. The second-order valence-corrected chi connectivity index (χ2v) is 3.37. The molecule has 5 heteroatoms. The average Bonchev–Trinajstić information content (AvgIpc) is 2.69. The summed E-state index contributed by atoms with van der Waals surface area (Å²) >= 11 is 0. The van der Waals surface area contributed by atoms with Crippen molar-refractivity contribution in [3.8, 4) is 0 Å². The van der Waals surface area contributed by atoms with Crippen molar-refractivity contribution < 1.29 is 4.74 Å². The van der Waals surface area contributed by atoms with Crippen LogP contribution in [0.2, 0.25) is 0 Å². The Morgan fingerprint density at radius 1 is 1.57 bits per heavy atom. The largest absolute Gasteiger partial charge is 0.380 e. The zero-order valence-corrected chi connectivity index (χ0v) is 8.95. The Labute approximate surface area is 84.3 Å². The van der Waals surface area contributed by atoms with E-state index < -0.39 is 0 Å². The van der Waals surface area contributed by atoms with Gasteiger partial charge < -0.3 is 10.1 Å². The first kappa shape index (κ1) is 11.1. The van der Waals surface area contributed by atoms with E-state index in [1.54, 1.807) is 7.11 Å². The van der Waals surface area contributed by atoms with Gasteiger partial charge in [-0.1, -0.05) is 0 Å². The second kappa shape index (κ2) is 5.72. The van der Waals surface area contributed by atoms with Crippen molar-refractivity contribution in [1.82, 2.24) is 20.5 Å². The fourth-order valence-corrected chi connectivity index (χ4v) is 1.14. The smallest absolute Gasteiger partial charge is 0.137 e. The summed E-state index contributed by atoms with van der Waals surface area (Å²) in [6.07, 6.45) is 2.61. The van der Waals surface area contributed by atoms with Crippen LogP contribution >= 0.6 is 0 Å². The van der Waals surface area contributed by atoms with Gasteiger partial charge in [-0.3, -0.25) is 5.10 Å². The molecular weight excluding hydrogens is 180 g/mol. The molecule has 14 heavy (non-hydrogen) atoms. The molecule has 0 aliphatic carbocycles. The van der Waals surface area contributed by atoms with E-state index in [9.17, 15) is 0 Å². The van der Waals surface area contributed by atoms with Gasteiger partial charge in [-0.05, 0) is 13.8 Å². The number of rotatable bonds is 6. The van der Waals surface area contributed by atoms with Crippen molar-refractivity contribution >= 4 is 0 Å². The lowest BCUT2D eigenvalue weighted by Crippen LogP contribution is -2.37. The minimum Gasteiger partial charge on any atom is -0.380 e. The van der Waals surface area contributed by atoms with E-state index in [2.05, 4.69) is 27.4 Å². The highest BCUT2D eigenvalue weighted by Gasteiger charge is 2.09. The third-order valence-corrected chi connectivity index (χ3v) is 2.37. The average molecular weight is 198 g/mol. The lowest BCUT2D eigenvalue weighted by molar-refractivity contribution is 0.0889. The zero-order chi connectivity index (χ0) is 10.4. The van der Waals surface area contributed by atoms with Crippen LogP contribution in [0.15, 0.2) is 6.33 Å². The first-order chi connectivity index (χ1) is 6.74. The Bertz CT molecular complexity index is 237. The summed E-state index contributed by atoms with van der Waals surface area (Å²) in [5, 5.41) is 9.96. The molecule has 80 valence electrons. The van der Waals surface area contributed by atoms with E-state index in [-0.39, 0.29) is 6.10 Å². The fourth-order valence-electron chi connectivity index (χ4n) is 1.14. The van der Waals surface area contributed by atoms with Crippen LogP contribution in [0.5, 0.6) is 0 Å². The predicted molar refractivity (Wildman–Crippen MR) is 54.0 cm³/mol. The predicted octanol–water partition coefficient (Wildman–Crippen LogP) is 0.360. The standard InChI is InChI=1S/C9H18N4O/c1-7(8(2)14-3)10-5-4-9-11-6-12-13-9/h6-8,10H,4-5H2,1-3H3,(H,11,12,13). The number of aromatic amines is 1. The lowest BCUT2D eigenvalue weighted by atomic mass is 10.2. The molecule has 0 radical (unpaired) electrons. The maximum absolute atomic E-state index is 5.20. The van der Waals surface area contributed by atoms with E-state index >= 15 is 0 Å². The minimum atomic E-state index is 0.227. The summed E-state index contributed by atoms with van der Waals surface area (Å²) in [6, 6.07) is 0.350. The molecular formula is C9H18N4O. The maximum Gasteiger partial charge on any atom is 0.137 e. The van der Waals surface area contributed by atoms with E-state index in [1.165, 1.54) is 6.33 Å². The number of ether oxygens (including phenoxy) is 1. The van der Waals surface area contributed by atoms with Gasteiger partial charge in [-0.15, -0.1) is 0 Å². The van der Waals surface area contributed by atoms with Gasteiger partial charge in [-0.2, -0.15) is 5.10 Å². The van der Waals surface area contributed by atoms with E-state index in [0.29, 0.717) is 6.04 Å². The van der Waals surface area contributed by atoms with Crippen molar-refractivity contribution in [3.05, 3.63) is 12.2 Å². The monoisotopic (exact) mass is 198 g/mol. The quantitative estimate of drug-likeness (QED) is 0.693. The van der Waals surface area contributed by atoms with Crippen molar-refractivity contribution in [2.75, 3.05) is 13.7 Å². The van der Waals surface area contributed by atoms with Crippen LogP contribution in [0, 0.1) is 0 Å². The molecule has 0 amide bonds. The summed E-state index contributed by atoms with van der Waals surface area (Å²) in [5.74, 6) is 0.912. The van der Waals surface area contributed by atoms with E-state index in [1.807, 2.05) is 6.92 Å². The van der Waals surface area contributed by atoms with Gasteiger partial charge in [-0.25, -0.2) is 4.98 Å². The molecule has 0 bridgehead atoms. The molecule has 2 atom stereocenters. The number of nitrogens with one attached hydrogen (secondary N) is 2. The molecule has 0 aliphatic heterocycles. The molecule has 0 spiro atoms. The molecule has 5 nitrogen and oxygen atoms in total. The molecule has 1 heterocycles. The van der Waals surface area contributed by atoms with Gasteiger partial charge in [0.15, 0.2) is 0 Å². The van der Waals surface area contributed by atoms with Crippen LogP contribution < -0.4 is 5.32 Å². The van der Waals surface area contributed by atoms with Gasteiger partial charge in [0.05, 0.1) is 6.10 Å². The van der Waals surface area contributed by atoms with Crippen molar-refractivity contribution in [1.29, 1.82) is 0 Å². The van der Waals surface area contributed by atoms with Gasteiger partial charge >= 0.3 is 0 Å². The van der Waals surface area contributed by atoms with Gasteiger partial charge in [0.1, 0.15) is 12.2 Å². The van der Waals surface area contributed by atoms with Gasteiger partial charge in [0.25, 0.3) is 0 Å². The molecule has 1 aromatic heterocycles. The Morgan fingerprint density at radius 2 is 2.36 bits per heavy atom. The number of H-pyrrole nitrogens is 1. The van der Waals surface area contributed by atoms with Crippen molar-refractivity contribution in [2.45, 2.75) is 32.4 Å². The maximum atomic E-state index is 5.20. The molecule has 2 N–H and O–H groups in total. The third-order valence-electron chi connectivity index (χ3n) is 2.37. The van der Waals surface area contributed by atoms with Crippen LogP contribution in [0.3, 0.4) is 0 Å². The number of hydrogen-bond acceptors (Lipinski definition) is 4. The van der Waals surface area contributed by atoms with Gasteiger partial charge in [0.2, 0.25) is 0 Å². The van der Waals surface area contributed by atoms with E-state index in [0.717, 1.165) is 18.8 Å². The molecule has 0 aromatic carbocycles. The van der Waals surface area contributed by atoms with Crippen LogP contribution in [0.1, 0.15) is 19.7 Å². The van der Waals surface area contributed by atoms with Crippen LogP contribution in [0.4, 0.5) is 0 Å². The van der Waals surface area contributed by atoms with Crippen molar-refractivity contribution in [2.24, 2.45) is 0 Å². The topological polar surface area (TPSA) is 62.8 Å². The fraction of sp³-hybridized carbons (Fsp3) is 0.778. The molecule has 1 aromatic rings. The molecule has 0 aliphatic rings. The number of methoxy groups -OCH3 is 1. The Morgan fingerprint density at radius 3 is 2.93 bits per heavy atom. The molecule has 0 fully saturated rings. The summed E-state index contributed by atoms with van der Waals surface area (Å²) in [5.41, 5.74) is 0. The third kappa shape index (κ3) is 3.43. The number of hydrogen-bond donors (Lipinski definition) is 2. The first-order valence-electron chi connectivity index (χ1n) is 4.84. The zero-order valence-electron chi connectivity index (χ0n) is 8.95. The Hall–Kier alpha value is -0.940. The highest BCUT2D eigenvalue weighted by Crippen LogP contribution is 1.96. The molecule has 2 unspecified atom stereocenters.